The van der Waals surface area contributed by atoms with Crippen LogP contribution < -0.4 is 5.73 Å². The van der Waals surface area contributed by atoms with Gasteiger partial charge in [-0.1, -0.05) is 6.92 Å². The van der Waals surface area contributed by atoms with Gasteiger partial charge in [-0.25, -0.2) is 0 Å². The van der Waals surface area contributed by atoms with Gasteiger partial charge in [-0.3, -0.25) is 4.79 Å². The van der Waals surface area contributed by atoms with Crippen molar-refractivity contribution in [2.45, 2.75) is 25.8 Å². The number of ketones is 1. The zero-order chi connectivity index (χ0) is 8.97. The van der Waals surface area contributed by atoms with Gasteiger partial charge in [-0.05, 0) is 12.1 Å². The highest BCUT2D eigenvalue weighted by Gasteiger charge is 2.12. The molecule has 0 radical (unpaired) electrons. The summed E-state index contributed by atoms with van der Waals surface area (Å²) in [6.45, 7) is 1.81. The molecule has 0 saturated carbocycles. The van der Waals surface area contributed by atoms with Crippen LogP contribution in [0.2, 0.25) is 0 Å². The van der Waals surface area contributed by atoms with E-state index in [1.165, 1.54) is 0 Å². The lowest BCUT2D eigenvalue weighted by molar-refractivity contribution is -0.120. The first-order valence-corrected chi connectivity index (χ1v) is 4.04. The van der Waals surface area contributed by atoms with E-state index in [0.717, 1.165) is 5.76 Å². The predicted molar refractivity (Wildman–Crippen MR) is 45.7 cm³/mol. The van der Waals surface area contributed by atoms with Crippen LogP contribution in [0.25, 0.3) is 0 Å². The number of hydrogen-bond donors (Lipinski definition) is 1. The maximum Gasteiger partial charge on any atom is 0.149 e. The van der Waals surface area contributed by atoms with Crippen LogP contribution in [0.3, 0.4) is 0 Å². The lowest BCUT2D eigenvalue weighted by Crippen LogP contribution is -2.31. The Morgan fingerprint density at radius 2 is 2.50 bits per heavy atom. The minimum atomic E-state index is -0.416. The van der Waals surface area contributed by atoms with E-state index < -0.39 is 6.04 Å². The maximum atomic E-state index is 11.1. The smallest absolute Gasteiger partial charge is 0.149 e. The van der Waals surface area contributed by atoms with Gasteiger partial charge in [0.25, 0.3) is 0 Å². The Balaban J connectivity index is 2.47. The number of hydrogen-bond acceptors (Lipinski definition) is 3. The van der Waals surface area contributed by atoms with Crippen molar-refractivity contribution >= 4 is 5.78 Å². The molecule has 1 aromatic heterocycles. The largest absolute Gasteiger partial charge is 0.469 e. The number of furan rings is 1. The molecule has 3 nitrogen and oxygen atoms in total. The van der Waals surface area contributed by atoms with Crippen LogP contribution in [0.15, 0.2) is 22.8 Å². The van der Waals surface area contributed by atoms with E-state index >= 15 is 0 Å². The van der Waals surface area contributed by atoms with Gasteiger partial charge in [-0.2, -0.15) is 0 Å². The first kappa shape index (κ1) is 9.00. The standard InChI is InChI=1S/C9H13NO2/c1-2-9(11)8(10)6-7-4-3-5-12-7/h3-5,8H,2,6,10H2,1H3. The highest BCUT2D eigenvalue weighted by Crippen LogP contribution is 2.04. The first-order chi connectivity index (χ1) is 5.74. The minimum absolute atomic E-state index is 0.0754. The van der Waals surface area contributed by atoms with Crippen molar-refractivity contribution in [2.75, 3.05) is 0 Å². The summed E-state index contributed by atoms with van der Waals surface area (Å²) in [5, 5.41) is 0. The highest BCUT2D eigenvalue weighted by molar-refractivity contribution is 5.83. The average Bonchev–Trinajstić information content (AvgIpc) is 2.55. The van der Waals surface area contributed by atoms with Gasteiger partial charge in [0, 0.05) is 12.8 Å². The Morgan fingerprint density at radius 1 is 1.75 bits per heavy atom. The number of carbonyl (C=O) groups is 1. The molecule has 0 bridgehead atoms. The molecule has 0 aromatic carbocycles. The average molecular weight is 167 g/mol. The second kappa shape index (κ2) is 4.07. The summed E-state index contributed by atoms with van der Waals surface area (Å²) in [5.74, 6) is 0.843. The van der Waals surface area contributed by atoms with Crippen LogP contribution in [0.4, 0.5) is 0 Å². The van der Waals surface area contributed by atoms with Gasteiger partial charge in [0.2, 0.25) is 0 Å². The summed E-state index contributed by atoms with van der Waals surface area (Å²) in [5.41, 5.74) is 5.61. The third-order valence-corrected chi connectivity index (χ3v) is 1.76. The van der Waals surface area contributed by atoms with E-state index in [0.29, 0.717) is 12.8 Å². The summed E-state index contributed by atoms with van der Waals surface area (Å²) in [6, 6.07) is 3.20. The molecule has 0 fully saturated rings. The van der Waals surface area contributed by atoms with Gasteiger partial charge >= 0.3 is 0 Å². The van der Waals surface area contributed by atoms with Crippen LogP contribution in [0, 0.1) is 0 Å². The Morgan fingerprint density at radius 3 is 3.00 bits per heavy atom. The summed E-state index contributed by atoms with van der Waals surface area (Å²) < 4.78 is 5.07. The van der Waals surface area contributed by atoms with Gasteiger partial charge in [0.15, 0.2) is 0 Å². The van der Waals surface area contributed by atoms with Crippen LogP contribution >= 0.6 is 0 Å². The molecule has 0 amide bonds. The Kier molecular flexibility index (Phi) is 3.05. The monoisotopic (exact) mass is 167 g/mol. The fraction of sp³-hybridized carbons (Fsp3) is 0.444. The van der Waals surface area contributed by atoms with Crippen molar-refractivity contribution in [2.24, 2.45) is 5.73 Å². The molecular formula is C9H13NO2. The van der Waals surface area contributed by atoms with E-state index in [9.17, 15) is 4.79 Å². The summed E-state index contributed by atoms with van der Waals surface area (Å²) in [4.78, 5) is 11.1. The van der Waals surface area contributed by atoms with Gasteiger partial charge in [-0.15, -0.1) is 0 Å². The molecule has 1 unspecified atom stereocenters. The van der Waals surface area contributed by atoms with Crippen LogP contribution in [0.5, 0.6) is 0 Å². The zero-order valence-corrected chi connectivity index (χ0v) is 7.12. The Bertz CT molecular complexity index is 241. The van der Waals surface area contributed by atoms with Crippen molar-refractivity contribution in [1.82, 2.24) is 0 Å². The SMILES string of the molecule is CCC(=O)C(N)Cc1ccco1. The lowest BCUT2D eigenvalue weighted by atomic mass is 10.1. The van der Waals surface area contributed by atoms with Crippen molar-refractivity contribution in [3.63, 3.8) is 0 Å². The summed E-state index contributed by atoms with van der Waals surface area (Å²) in [6.07, 6.45) is 2.57. The molecule has 0 aliphatic carbocycles. The lowest BCUT2D eigenvalue weighted by Gasteiger charge is -2.05. The molecule has 12 heavy (non-hydrogen) atoms. The fourth-order valence-electron chi connectivity index (χ4n) is 1.02. The number of carbonyl (C=O) groups excluding carboxylic acids is 1. The number of nitrogens with two attached hydrogens (primary N) is 1. The third-order valence-electron chi connectivity index (χ3n) is 1.76. The first-order valence-electron chi connectivity index (χ1n) is 4.04. The van der Waals surface area contributed by atoms with E-state index in [4.69, 9.17) is 10.2 Å². The maximum absolute atomic E-state index is 11.1. The molecule has 1 rings (SSSR count). The van der Waals surface area contributed by atoms with E-state index in [1.54, 1.807) is 12.3 Å². The fourth-order valence-corrected chi connectivity index (χ4v) is 1.02. The predicted octanol–water partition coefficient (Wildman–Crippen LogP) is 1.13. The van der Waals surface area contributed by atoms with Gasteiger partial charge in [0.05, 0.1) is 12.3 Å². The van der Waals surface area contributed by atoms with Crippen LogP contribution in [-0.4, -0.2) is 11.8 Å². The third kappa shape index (κ3) is 2.20. The zero-order valence-electron chi connectivity index (χ0n) is 7.12. The number of rotatable bonds is 4. The number of Topliss-reactive ketones (excluding diaryl/α,β-unsaturated/α-hetero) is 1. The molecule has 66 valence electrons. The van der Waals surface area contributed by atoms with Crippen molar-refractivity contribution in [1.29, 1.82) is 0 Å². The van der Waals surface area contributed by atoms with Crippen molar-refractivity contribution < 1.29 is 9.21 Å². The molecule has 1 atom stereocenters. The van der Waals surface area contributed by atoms with Crippen LogP contribution in [-0.2, 0) is 11.2 Å². The minimum Gasteiger partial charge on any atom is -0.469 e. The normalized spacial score (nSPS) is 12.8. The second-order valence-corrected chi connectivity index (χ2v) is 2.71. The Hall–Kier alpha value is -1.09. The molecular weight excluding hydrogens is 154 g/mol. The van der Waals surface area contributed by atoms with Crippen molar-refractivity contribution in [3.8, 4) is 0 Å². The second-order valence-electron chi connectivity index (χ2n) is 2.71. The summed E-state index contributed by atoms with van der Waals surface area (Å²) >= 11 is 0. The van der Waals surface area contributed by atoms with E-state index in [1.807, 2.05) is 13.0 Å². The van der Waals surface area contributed by atoms with Crippen molar-refractivity contribution in [3.05, 3.63) is 24.2 Å². The van der Waals surface area contributed by atoms with E-state index in [2.05, 4.69) is 0 Å². The quantitative estimate of drug-likeness (QED) is 0.731. The molecule has 1 heterocycles. The topological polar surface area (TPSA) is 56.2 Å². The summed E-state index contributed by atoms with van der Waals surface area (Å²) in [7, 11) is 0. The molecule has 0 saturated heterocycles. The van der Waals surface area contributed by atoms with E-state index in [-0.39, 0.29) is 5.78 Å². The highest BCUT2D eigenvalue weighted by atomic mass is 16.3. The molecule has 0 spiro atoms. The molecule has 2 N–H and O–H groups in total. The van der Waals surface area contributed by atoms with Gasteiger partial charge < -0.3 is 10.2 Å². The molecule has 1 aromatic rings. The molecule has 3 heteroatoms. The van der Waals surface area contributed by atoms with Gasteiger partial charge in [0.1, 0.15) is 11.5 Å². The van der Waals surface area contributed by atoms with Crippen LogP contribution in [0.1, 0.15) is 19.1 Å². The Labute approximate surface area is 71.6 Å². The molecule has 0 aliphatic rings. The molecule has 0 aliphatic heterocycles.